The number of carboxylic acid groups (broad SMARTS) is 1. The fourth-order valence-corrected chi connectivity index (χ4v) is 2.76. The van der Waals surface area contributed by atoms with Gasteiger partial charge in [0.05, 0.1) is 5.92 Å². The summed E-state index contributed by atoms with van der Waals surface area (Å²) in [7, 11) is 0. The highest BCUT2D eigenvalue weighted by molar-refractivity contribution is 5.77. The number of carboxylic acids is 1. The summed E-state index contributed by atoms with van der Waals surface area (Å²) in [6.07, 6.45) is 4.38. The van der Waals surface area contributed by atoms with E-state index < -0.39 is 11.9 Å². The van der Waals surface area contributed by atoms with Crippen molar-refractivity contribution in [3.05, 3.63) is 0 Å². The lowest BCUT2D eigenvalue weighted by Gasteiger charge is -2.26. The Hall–Kier alpha value is -1.30. The van der Waals surface area contributed by atoms with Crippen molar-refractivity contribution < 1.29 is 14.7 Å². The first-order valence-electron chi connectivity index (χ1n) is 7.15. The number of nitrogens with zero attached hydrogens (tertiary/aromatic N) is 2. The van der Waals surface area contributed by atoms with Gasteiger partial charge in [-0.05, 0) is 32.4 Å². The van der Waals surface area contributed by atoms with Crippen LogP contribution in [0.2, 0.25) is 0 Å². The van der Waals surface area contributed by atoms with Crippen LogP contribution in [-0.4, -0.2) is 66.2 Å². The molecule has 2 saturated heterocycles. The Morgan fingerprint density at radius 3 is 2.53 bits per heavy atom. The van der Waals surface area contributed by atoms with E-state index in [1.807, 2.05) is 0 Å². The van der Waals surface area contributed by atoms with Gasteiger partial charge in [-0.1, -0.05) is 6.42 Å². The van der Waals surface area contributed by atoms with E-state index in [0.29, 0.717) is 26.1 Å². The van der Waals surface area contributed by atoms with Crippen LogP contribution in [0, 0.1) is 5.92 Å². The van der Waals surface area contributed by atoms with Crippen molar-refractivity contribution in [3.63, 3.8) is 0 Å². The summed E-state index contributed by atoms with van der Waals surface area (Å²) in [4.78, 5) is 26.7. The molecule has 1 atom stereocenters. The van der Waals surface area contributed by atoms with Crippen molar-refractivity contribution in [3.8, 4) is 0 Å². The van der Waals surface area contributed by atoms with E-state index in [4.69, 9.17) is 5.11 Å². The van der Waals surface area contributed by atoms with Crippen LogP contribution in [0.25, 0.3) is 0 Å². The molecule has 0 aromatic heterocycles. The second-order valence-electron chi connectivity index (χ2n) is 5.40. The molecule has 19 heavy (non-hydrogen) atoms. The van der Waals surface area contributed by atoms with Crippen LogP contribution in [0.3, 0.4) is 0 Å². The van der Waals surface area contributed by atoms with Gasteiger partial charge in [0.2, 0.25) is 0 Å². The molecule has 0 saturated carbocycles. The van der Waals surface area contributed by atoms with Gasteiger partial charge >= 0.3 is 12.0 Å². The van der Waals surface area contributed by atoms with Gasteiger partial charge in [0, 0.05) is 26.2 Å². The summed E-state index contributed by atoms with van der Waals surface area (Å²) in [5.74, 6) is -1.20. The fourth-order valence-electron chi connectivity index (χ4n) is 2.76. The lowest BCUT2D eigenvalue weighted by molar-refractivity contribution is -0.141. The lowest BCUT2D eigenvalue weighted by Crippen LogP contribution is -2.43. The SMILES string of the molecule is O=C(O)C1CCN(C(=O)NCCN2CCCCC2)C1. The zero-order valence-electron chi connectivity index (χ0n) is 11.3. The zero-order chi connectivity index (χ0) is 13.7. The molecule has 2 heterocycles. The zero-order valence-corrected chi connectivity index (χ0v) is 11.3. The molecule has 6 nitrogen and oxygen atoms in total. The number of urea groups is 1. The van der Waals surface area contributed by atoms with Crippen LogP contribution in [0.5, 0.6) is 0 Å². The Labute approximate surface area is 113 Å². The van der Waals surface area contributed by atoms with Gasteiger partial charge in [0.25, 0.3) is 0 Å². The molecule has 2 rings (SSSR count). The van der Waals surface area contributed by atoms with Crippen LogP contribution in [0.15, 0.2) is 0 Å². The highest BCUT2D eigenvalue weighted by atomic mass is 16.4. The van der Waals surface area contributed by atoms with Crippen molar-refractivity contribution in [1.82, 2.24) is 15.1 Å². The van der Waals surface area contributed by atoms with Crippen LogP contribution in [0.1, 0.15) is 25.7 Å². The van der Waals surface area contributed by atoms with Gasteiger partial charge in [-0.2, -0.15) is 0 Å². The third kappa shape index (κ3) is 4.09. The van der Waals surface area contributed by atoms with Gasteiger partial charge in [0.1, 0.15) is 0 Å². The molecule has 2 fully saturated rings. The summed E-state index contributed by atoms with van der Waals surface area (Å²) in [5, 5.41) is 11.8. The monoisotopic (exact) mass is 269 g/mol. The Bertz CT molecular complexity index is 329. The van der Waals surface area contributed by atoms with Gasteiger partial charge in [-0.25, -0.2) is 4.79 Å². The Kier molecular flexibility index (Phi) is 5.01. The van der Waals surface area contributed by atoms with Crippen molar-refractivity contribution in [2.75, 3.05) is 39.3 Å². The van der Waals surface area contributed by atoms with E-state index in [2.05, 4.69) is 10.2 Å². The molecule has 0 radical (unpaired) electrons. The van der Waals surface area contributed by atoms with Crippen LogP contribution >= 0.6 is 0 Å². The number of piperidine rings is 1. The first-order valence-corrected chi connectivity index (χ1v) is 7.15. The second kappa shape index (κ2) is 6.75. The van der Waals surface area contributed by atoms with Crippen LogP contribution < -0.4 is 5.32 Å². The van der Waals surface area contributed by atoms with E-state index in [-0.39, 0.29) is 6.03 Å². The number of rotatable bonds is 4. The summed E-state index contributed by atoms with van der Waals surface area (Å²) < 4.78 is 0. The Morgan fingerprint density at radius 2 is 1.89 bits per heavy atom. The normalized spacial score (nSPS) is 24.4. The number of hydrogen-bond donors (Lipinski definition) is 2. The van der Waals surface area contributed by atoms with E-state index in [1.165, 1.54) is 19.3 Å². The second-order valence-corrected chi connectivity index (χ2v) is 5.40. The minimum absolute atomic E-state index is 0.124. The minimum Gasteiger partial charge on any atom is -0.481 e. The largest absolute Gasteiger partial charge is 0.481 e. The number of aliphatic carboxylic acids is 1. The molecule has 1 unspecified atom stereocenters. The minimum atomic E-state index is -0.802. The maximum Gasteiger partial charge on any atom is 0.317 e. The average molecular weight is 269 g/mol. The summed E-state index contributed by atoms with van der Waals surface area (Å²) >= 11 is 0. The number of carbonyl (C=O) groups excluding carboxylic acids is 1. The van der Waals surface area contributed by atoms with Gasteiger partial charge in [-0.15, -0.1) is 0 Å². The van der Waals surface area contributed by atoms with Gasteiger partial charge < -0.3 is 20.2 Å². The molecule has 0 bridgehead atoms. The van der Waals surface area contributed by atoms with Crippen LogP contribution in [-0.2, 0) is 4.79 Å². The van der Waals surface area contributed by atoms with E-state index >= 15 is 0 Å². The summed E-state index contributed by atoms with van der Waals surface area (Å²) in [6.45, 7) is 4.67. The third-order valence-electron chi connectivity index (χ3n) is 3.98. The molecule has 2 aliphatic rings. The van der Waals surface area contributed by atoms with Crippen LogP contribution in [0.4, 0.5) is 4.79 Å². The average Bonchev–Trinajstić information content (AvgIpc) is 2.89. The molecule has 6 heteroatoms. The molecule has 2 aliphatic heterocycles. The molecular weight excluding hydrogens is 246 g/mol. The number of nitrogens with one attached hydrogen (secondary N) is 1. The first-order chi connectivity index (χ1) is 9.16. The number of hydrogen-bond acceptors (Lipinski definition) is 3. The van der Waals surface area contributed by atoms with Crippen molar-refractivity contribution >= 4 is 12.0 Å². The summed E-state index contributed by atoms with van der Waals surface area (Å²) in [5.41, 5.74) is 0. The predicted molar refractivity (Wildman–Crippen MR) is 71.0 cm³/mol. The molecule has 2 amide bonds. The topological polar surface area (TPSA) is 72.9 Å². The highest BCUT2D eigenvalue weighted by Gasteiger charge is 2.30. The lowest BCUT2D eigenvalue weighted by atomic mass is 10.1. The van der Waals surface area contributed by atoms with E-state index in [9.17, 15) is 9.59 Å². The molecular formula is C13H23N3O3. The highest BCUT2D eigenvalue weighted by Crippen LogP contribution is 2.16. The van der Waals surface area contributed by atoms with Crippen molar-refractivity contribution in [1.29, 1.82) is 0 Å². The van der Waals surface area contributed by atoms with Crippen molar-refractivity contribution in [2.24, 2.45) is 5.92 Å². The molecule has 0 aromatic carbocycles. The maximum absolute atomic E-state index is 11.9. The Balaban J connectivity index is 1.63. The number of likely N-dealkylation sites (tertiary alicyclic amines) is 2. The quantitative estimate of drug-likeness (QED) is 0.783. The molecule has 108 valence electrons. The third-order valence-corrected chi connectivity index (χ3v) is 3.98. The fraction of sp³-hybridized carbons (Fsp3) is 0.846. The molecule has 0 aliphatic carbocycles. The van der Waals surface area contributed by atoms with E-state index in [1.54, 1.807) is 4.90 Å². The molecule has 2 N–H and O–H groups in total. The number of amides is 2. The van der Waals surface area contributed by atoms with Gasteiger partial charge in [-0.3, -0.25) is 4.79 Å². The molecule has 0 aromatic rings. The summed E-state index contributed by atoms with van der Waals surface area (Å²) in [6, 6.07) is -0.124. The standard InChI is InChI=1S/C13H23N3O3/c17-12(18)11-4-8-16(10-11)13(19)14-5-9-15-6-2-1-3-7-15/h11H,1-10H2,(H,14,19)(H,17,18). The smallest absolute Gasteiger partial charge is 0.317 e. The number of carbonyl (C=O) groups is 2. The van der Waals surface area contributed by atoms with E-state index in [0.717, 1.165) is 19.6 Å². The predicted octanol–water partition coefficient (Wildman–Crippen LogP) is 0.588. The van der Waals surface area contributed by atoms with Gasteiger partial charge in [0.15, 0.2) is 0 Å². The van der Waals surface area contributed by atoms with Crippen molar-refractivity contribution in [2.45, 2.75) is 25.7 Å². The first kappa shape index (κ1) is 14.1. The molecule has 0 spiro atoms. The Morgan fingerprint density at radius 1 is 1.16 bits per heavy atom. The maximum atomic E-state index is 11.9.